The first-order chi connectivity index (χ1) is 6.72. The number of phenols is 1. The molecule has 1 aromatic carbocycles. The summed E-state index contributed by atoms with van der Waals surface area (Å²) in [5.74, 6) is 0.146. The molecule has 0 aromatic heterocycles. The number of unbranched alkanes of at least 4 members (excludes halogenated alkanes) is 3. The monoisotopic (exact) mass is 195 g/mol. The molecular formula is C12H21NO. The zero-order chi connectivity index (χ0) is 10.8. The molecule has 0 aliphatic heterocycles. The number of nitrogen functional groups attached to an aromatic ring is 1. The van der Waals surface area contributed by atoms with Crippen LogP contribution in [0.2, 0.25) is 0 Å². The van der Waals surface area contributed by atoms with Gasteiger partial charge in [0.2, 0.25) is 0 Å². The molecule has 0 atom stereocenters. The van der Waals surface area contributed by atoms with Crippen LogP contribution in [-0.4, -0.2) is 5.11 Å². The predicted molar refractivity (Wildman–Crippen MR) is 62.3 cm³/mol. The second kappa shape index (κ2) is 8.42. The van der Waals surface area contributed by atoms with Crippen LogP contribution in [0.3, 0.4) is 0 Å². The smallest absolute Gasteiger partial charge is 0.138 e. The van der Waals surface area contributed by atoms with E-state index in [1.165, 1.54) is 25.7 Å². The number of nitrogens with two attached hydrogens (primary N) is 1. The Morgan fingerprint density at radius 3 is 1.86 bits per heavy atom. The van der Waals surface area contributed by atoms with E-state index < -0.39 is 0 Å². The lowest BCUT2D eigenvalue weighted by molar-refractivity contribution is 0.478. The van der Waals surface area contributed by atoms with Gasteiger partial charge in [0.25, 0.3) is 0 Å². The molecule has 0 saturated carbocycles. The quantitative estimate of drug-likeness (QED) is 0.440. The molecule has 0 aliphatic carbocycles. The van der Waals surface area contributed by atoms with Gasteiger partial charge in [-0.05, 0) is 12.1 Å². The summed E-state index contributed by atoms with van der Waals surface area (Å²) in [6.07, 6.45) is 5.54. The van der Waals surface area contributed by atoms with Gasteiger partial charge < -0.3 is 10.8 Å². The van der Waals surface area contributed by atoms with Crippen molar-refractivity contribution in [3.05, 3.63) is 24.3 Å². The summed E-state index contributed by atoms with van der Waals surface area (Å²) >= 11 is 0. The summed E-state index contributed by atoms with van der Waals surface area (Å²) < 4.78 is 0. The van der Waals surface area contributed by atoms with E-state index >= 15 is 0 Å². The fraction of sp³-hybridized carbons (Fsp3) is 0.500. The van der Waals surface area contributed by atoms with Crippen LogP contribution in [0.4, 0.5) is 5.69 Å². The van der Waals surface area contributed by atoms with Crippen molar-refractivity contribution >= 4 is 5.69 Å². The molecule has 0 radical (unpaired) electrons. The van der Waals surface area contributed by atoms with E-state index in [1.807, 2.05) is 0 Å². The zero-order valence-electron chi connectivity index (χ0n) is 9.16. The standard InChI is InChI=1S/C6H7NO.C6H14/c7-5-3-1-2-4-6(5)8;1-3-5-6-4-2/h1-4,8H,7H2;3-6H2,1-2H3. The topological polar surface area (TPSA) is 46.2 Å². The number of aromatic hydroxyl groups is 1. The van der Waals surface area contributed by atoms with Crippen molar-refractivity contribution in [2.24, 2.45) is 0 Å². The molecule has 14 heavy (non-hydrogen) atoms. The highest BCUT2D eigenvalue weighted by Crippen LogP contribution is 2.16. The van der Waals surface area contributed by atoms with Crippen molar-refractivity contribution in [3.8, 4) is 5.75 Å². The lowest BCUT2D eigenvalue weighted by atomic mass is 10.2. The van der Waals surface area contributed by atoms with Gasteiger partial charge in [-0.25, -0.2) is 0 Å². The third-order valence-corrected chi connectivity index (χ3v) is 1.89. The number of anilines is 1. The van der Waals surface area contributed by atoms with Gasteiger partial charge in [0.15, 0.2) is 0 Å². The van der Waals surface area contributed by atoms with E-state index in [-0.39, 0.29) is 5.75 Å². The molecule has 0 amide bonds. The van der Waals surface area contributed by atoms with Crippen molar-refractivity contribution < 1.29 is 5.11 Å². The molecule has 0 spiro atoms. The maximum absolute atomic E-state index is 8.79. The van der Waals surface area contributed by atoms with E-state index in [0.29, 0.717) is 5.69 Å². The van der Waals surface area contributed by atoms with Crippen LogP contribution in [0.5, 0.6) is 5.75 Å². The van der Waals surface area contributed by atoms with E-state index in [9.17, 15) is 0 Å². The Balaban J connectivity index is 0.000000255. The first-order valence-electron chi connectivity index (χ1n) is 5.25. The predicted octanol–water partition coefficient (Wildman–Crippen LogP) is 3.56. The van der Waals surface area contributed by atoms with Gasteiger partial charge >= 0.3 is 0 Å². The number of rotatable bonds is 3. The molecule has 1 rings (SSSR count). The summed E-state index contributed by atoms with van der Waals surface area (Å²) in [6.45, 7) is 4.46. The molecule has 0 fully saturated rings. The van der Waals surface area contributed by atoms with Gasteiger partial charge in [-0.1, -0.05) is 51.7 Å². The summed E-state index contributed by atoms with van der Waals surface area (Å²) in [7, 11) is 0. The Kier molecular flexibility index (Phi) is 7.71. The van der Waals surface area contributed by atoms with Gasteiger partial charge in [-0.15, -0.1) is 0 Å². The number of hydrogen-bond donors (Lipinski definition) is 2. The Labute approximate surface area is 86.8 Å². The first kappa shape index (κ1) is 12.8. The molecule has 80 valence electrons. The van der Waals surface area contributed by atoms with Crippen molar-refractivity contribution in [1.82, 2.24) is 0 Å². The molecule has 2 nitrogen and oxygen atoms in total. The van der Waals surface area contributed by atoms with E-state index in [2.05, 4.69) is 13.8 Å². The third-order valence-electron chi connectivity index (χ3n) is 1.89. The fourth-order valence-electron chi connectivity index (χ4n) is 0.988. The van der Waals surface area contributed by atoms with Crippen LogP contribution in [0.15, 0.2) is 24.3 Å². The Bertz CT molecular complexity index is 211. The van der Waals surface area contributed by atoms with Crippen LogP contribution < -0.4 is 5.73 Å². The molecule has 0 saturated heterocycles. The minimum absolute atomic E-state index is 0.146. The van der Waals surface area contributed by atoms with Crippen molar-refractivity contribution in [1.29, 1.82) is 0 Å². The Morgan fingerprint density at radius 2 is 1.57 bits per heavy atom. The highest BCUT2D eigenvalue weighted by atomic mass is 16.3. The Morgan fingerprint density at radius 1 is 1.07 bits per heavy atom. The number of para-hydroxylation sites is 2. The summed E-state index contributed by atoms with van der Waals surface area (Å²) in [6, 6.07) is 6.70. The summed E-state index contributed by atoms with van der Waals surface area (Å²) in [4.78, 5) is 0. The van der Waals surface area contributed by atoms with Crippen LogP contribution in [0, 0.1) is 0 Å². The average Bonchev–Trinajstić information content (AvgIpc) is 2.20. The Hall–Kier alpha value is -1.18. The van der Waals surface area contributed by atoms with Crippen molar-refractivity contribution in [3.63, 3.8) is 0 Å². The van der Waals surface area contributed by atoms with Gasteiger partial charge in [0.05, 0.1) is 5.69 Å². The lowest BCUT2D eigenvalue weighted by Crippen LogP contribution is -1.82. The minimum atomic E-state index is 0.146. The maximum atomic E-state index is 8.79. The molecule has 0 unspecified atom stereocenters. The van der Waals surface area contributed by atoms with Crippen LogP contribution in [0.25, 0.3) is 0 Å². The first-order valence-corrected chi connectivity index (χ1v) is 5.25. The average molecular weight is 195 g/mol. The van der Waals surface area contributed by atoms with E-state index in [0.717, 1.165) is 0 Å². The highest BCUT2D eigenvalue weighted by Gasteiger charge is 1.87. The molecule has 0 heterocycles. The number of phenolic OH excluding ortho intramolecular Hbond substituents is 1. The van der Waals surface area contributed by atoms with Gasteiger partial charge in [0, 0.05) is 0 Å². The van der Waals surface area contributed by atoms with Crippen LogP contribution in [-0.2, 0) is 0 Å². The van der Waals surface area contributed by atoms with E-state index in [1.54, 1.807) is 24.3 Å². The summed E-state index contributed by atoms with van der Waals surface area (Å²) in [5.41, 5.74) is 5.69. The van der Waals surface area contributed by atoms with Crippen molar-refractivity contribution in [2.75, 3.05) is 5.73 Å². The summed E-state index contributed by atoms with van der Waals surface area (Å²) in [5, 5.41) is 8.79. The molecule has 0 aliphatic rings. The zero-order valence-corrected chi connectivity index (χ0v) is 9.16. The van der Waals surface area contributed by atoms with Crippen molar-refractivity contribution in [2.45, 2.75) is 39.5 Å². The van der Waals surface area contributed by atoms with Gasteiger partial charge in [-0.3, -0.25) is 0 Å². The molecule has 2 heteroatoms. The van der Waals surface area contributed by atoms with Crippen LogP contribution in [0.1, 0.15) is 39.5 Å². The van der Waals surface area contributed by atoms with E-state index in [4.69, 9.17) is 10.8 Å². The van der Waals surface area contributed by atoms with Gasteiger partial charge in [-0.2, -0.15) is 0 Å². The SMILES string of the molecule is CCCCCC.Nc1ccccc1O. The van der Waals surface area contributed by atoms with Gasteiger partial charge in [0.1, 0.15) is 5.75 Å². The second-order valence-corrected chi connectivity index (χ2v) is 3.27. The molecule has 1 aromatic rings. The normalized spacial score (nSPS) is 9.00. The number of hydrogen-bond acceptors (Lipinski definition) is 2. The fourth-order valence-corrected chi connectivity index (χ4v) is 0.988. The minimum Gasteiger partial charge on any atom is -0.506 e. The largest absolute Gasteiger partial charge is 0.506 e. The molecular weight excluding hydrogens is 174 g/mol. The maximum Gasteiger partial charge on any atom is 0.138 e. The van der Waals surface area contributed by atoms with Crippen LogP contribution >= 0.6 is 0 Å². The third kappa shape index (κ3) is 6.35. The lowest BCUT2D eigenvalue weighted by Gasteiger charge is -1.92. The number of benzene rings is 1. The highest BCUT2D eigenvalue weighted by molar-refractivity contribution is 5.50. The molecule has 3 N–H and O–H groups in total. The second-order valence-electron chi connectivity index (χ2n) is 3.27. The molecule has 0 bridgehead atoms.